The summed E-state index contributed by atoms with van der Waals surface area (Å²) in [5, 5.41) is 1.07. The van der Waals surface area contributed by atoms with Crippen LogP contribution in [0.3, 0.4) is 0 Å². The topological polar surface area (TPSA) is 12.9 Å². The molecule has 0 radical (unpaired) electrons. The van der Waals surface area contributed by atoms with Crippen molar-refractivity contribution in [3.63, 3.8) is 0 Å². The number of hydrogen-bond acceptors (Lipinski definition) is 2. The first kappa shape index (κ1) is 8.68. The number of nitrogens with zero attached hydrogens (tertiary/aromatic N) is 1. The van der Waals surface area contributed by atoms with Gasteiger partial charge < -0.3 is 0 Å². The number of hydrogen-bond donors (Lipinski definition) is 0. The Labute approximate surface area is 81.3 Å². The van der Waals surface area contributed by atoms with Crippen molar-refractivity contribution in [2.45, 2.75) is 12.8 Å². The van der Waals surface area contributed by atoms with Crippen LogP contribution >= 0.6 is 43.4 Å². The summed E-state index contributed by atoms with van der Waals surface area (Å²) in [4.78, 5) is 1.35. The highest BCUT2D eigenvalue weighted by Gasteiger charge is 2.00. The Balaban J connectivity index is 2.49. The Hall–Kier alpha value is 0.590. The van der Waals surface area contributed by atoms with Crippen molar-refractivity contribution >= 4 is 43.4 Å². The van der Waals surface area contributed by atoms with Crippen molar-refractivity contribution in [2.75, 3.05) is 5.33 Å². The smallest absolute Gasteiger partial charge is 0.0552 e. The zero-order chi connectivity index (χ0) is 7.40. The van der Waals surface area contributed by atoms with Gasteiger partial charge in [-0.05, 0) is 40.3 Å². The number of alkyl halides is 1. The van der Waals surface area contributed by atoms with E-state index < -0.39 is 0 Å². The molecule has 0 atom stereocenters. The first-order valence-corrected chi connectivity index (χ1v) is 5.68. The zero-order valence-corrected chi connectivity index (χ0v) is 9.30. The molecule has 4 heteroatoms. The molecule has 10 heavy (non-hydrogen) atoms. The second-order valence-corrected chi connectivity index (χ2v) is 4.42. The van der Waals surface area contributed by atoms with Crippen LogP contribution in [0.4, 0.5) is 0 Å². The maximum atomic E-state index is 4.05. The average Bonchev–Trinajstić information content (AvgIpc) is 2.31. The summed E-state index contributed by atoms with van der Waals surface area (Å²) < 4.78 is 5.21. The Morgan fingerprint density at radius 2 is 2.40 bits per heavy atom. The van der Waals surface area contributed by atoms with Crippen molar-refractivity contribution in [3.8, 4) is 0 Å². The summed E-state index contributed by atoms with van der Waals surface area (Å²) in [6.45, 7) is 0. The predicted octanol–water partition coefficient (Wildman–Crippen LogP) is 3.23. The van der Waals surface area contributed by atoms with Gasteiger partial charge in [0.1, 0.15) is 0 Å². The van der Waals surface area contributed by atoms with Gasteiger partial charge in [0, 0.05) is 10.2 Å². The molecule has 0 aliphatic rings. The molecule has 0 saturated carbocycles. The second-order valence-electron chi connectivity index (χ2n) is 1.89. The first-order valence-electron chi connectivity index (χ1n) is 2.99. The van der Waals surface area contributed by atoms with Crippen LogP contribution in [0.25, 0.3) is 0 Å². The van der Waals surface area contributed by atoms with Gasteiger partial charge in [0.05, 0.1) is 10.7 Å². The highest BCUT2D eigenvalue weighted by Crippen LogP contribution is 2.21. The van der Waals surface area contributed by atoms with E-state index in [1.54, 1.807) is 11.5 Å². The number of halogens is 2. The molecular weight excluding hydrogens is 278 g/mol. The van der Waals surface area contributed by atoms with E-state index >= 15 is 0 Å². The number of aryl methyl sites for hydroxylation is 1. The first-order chi connectivity index (χ1) is 4.84. The molecule has 0 fully saturated rings. The minimum atomic E-state index is 1.07. The van der Waals surface area contributed by atoms with E-state index in [-0.39, 0.29) is 0 Å². The lowest BCUT2D eigenvalue weighted by Gasteiger charge is -1.91. The predicted molar refractivity (Wildman–Crippen MR) is 51.9 cm³/mol. The highest BCUT2D eigenvalue weighted by atomic mass is 79.9. The molecule has 0 saturated heterocycles. The van der Waals surface area contributed by atoms with Gasteiger partial charge in [-0.3, -0.25) is 0 Å². The van der Waals surface area contributed by atoms with Crippen molar-refractivity contribution in [2.24, 2.45) is 0 Å². The van der Waals surface area contributed by atoms with Crippen LogP contribution in [-0.2, 0) is 6.42 Å². The van der Waals surface area contributed by atoms with Crippen LogP contribution in [0, 0.1) is 0 Å². The van der Waals surface area contributed by atoms with E-state index in [4.69, 9.17) is 0 Å². The van der Waals surface area contributed by atoms with Crippen molar-refractivity contribution in [3.05, 3.63) is 15.5 Å². The van der Waals surface area contributed by atoms with Crippen LogP contribution < -0.4 is 0 Å². The lowest BCUT2D eigenvalue weighted by atomic mass is 10.3. The van der Waals surface area contributed by atoms with Crippen molar-refractivity contribution in [1.82, 2.24) is 4.37 Å². The van der Waals surface area contributed by atoms with Crippen LogP contribution in [0.2, 0.25) is 0 Å². The molecule has 1 rings (SSSR count). The third-order valence-corrected chi connectivity index (χ3v) is 3.49. The van der Waals surface area contributed by atoms with Crippen LogP contribution in [-0.4, -0.2) is 9.70 Å². The fourth-order valence-corrected chi connectivity index (χ4v) is 2.24. The largest absolute Gasteiger partial charge is 0.200 e. The molecule has 0 aliphatic carbocycles. The van der Waals surface area contributed by atoms with Crippen LogP contribution in [0.1, 0.15) is 11.3 Å². The van der Waals surface area contributed by atoms with Crippen LogP contribution in [0.5, 0.6) is 0 Å². The summed E-state index contributed by atoms with van der Waals surface area (Å²) in [6, 6.07) is 0. The Bertz CT molecular complexity index is 199. The molecular formula is C6H7Br2NS. The van der Waals surface area contributed by atoms with E-state index in [0.717, 1.165) is 16.2 Å². The molecule has 0 bridgehead atoms. The summed E-state index contributed by atoms with van der Waals surface area (Å²) in [5.41, 5.74) is 0. The minimum absolute atomic E-state index is 1.07. The summed E-state index contributed by atoms with van der Waals surface area (Å²) in [6.07, 6.45) is 4.16. The Morgan fingerprint density at radius 1 is 1.60 bits per heavy atom. The molecule has 0 unspecified atom stereocenters. The van der Waals surface area contributed by atoms with Crippen molar-refractivity contribution < 1.29 is 0 Å². The Morgan fingerprint density at radius 3 is 2.90 bits per heavy atom. The van der Waals surface area contributed by atoms with Gasteiger partial charge >= 0.3 is 0 Å². The van der Waals surface area contributed by atoms with Crippen LogP contribution in [0.15, 0.2) is 10.7 Å². The molecule has 1 aromatic rings. The lowest BCUT2D eigenvalue weighted by molar-refractivity contribution is 0.955. The summed E-state index contributed by atoms with van der Waals surface area (Å²) in [7, 11) is 0. The molecule has 0 N–H and O–H groups in total. The fourth-order valence-electron chi connectivity index (χ4n) is 0.644. The zero-order valence-electron chi connectivity index (χ0n) is 5.31. The maximum absolute atomic E-state index is 4.05. The minimum Gasteiger partial charge on any atom is -0.200 e. The van der Waals surface area contributed by atoms with Gasteiger partial charge in [-0.15, -0.1) is 0 Å². The highest BCUT2D eigenvalue weighted by molar-refractivity contribution is 9.10. The molecule has 0 spiro atoms. The molecule has 0 aromatic carbocycles. The third kappa shape index (κ3) is 2.32. The van der Waals surface area contributed by atoms with E-state index in [2.05, 4.69) is 36.2 Å². The lowest BCUT2D eigenvalue weighted by Crippen LogP contribution is -1.81. The molecule has 1 nitrogen and oxygen atoms in total. The second kappa shape index (κ2) is 4.46. The average molecular weight is 285 g/mol. The van der Waals surface area contributed by atoms with Gasteiger partial charge in [0.25, 0.3) is 0 Å². The van der Waals surface area contributed by atoms with E-state index in [0.29, 0.717) is 0 Å². The molecule has 0 amide bonds. The molecule has 1 heterocycles. The third-order valence-electron chi connectivity index (χ3n) is 1.13. The van der Waals surface area contributed by atoms with Gasteiger partial charge in [-0.1, -0.05) is 15.9 Å². The van der Waals surface area contributed by atoms with Gasteiger partial charge in [0.2, 0.25) is 0 Å². The number of rotatable bonds is 3. The normalized spacial score (nSPS) is 10.2. The standard InChI is InChI=1S/C6H7Br2NS/c7-3-1-2-6-5(8)4-9-10-6/h4H,1-3H2. The molecule has 56 valence electrons. The monoisotopic (exact) mass is 283 g/mol. The molecule has 1 aromatic heterocycles. The fraction of sp³-hybridized carbons (Fsp3) is 0.500. The number of aromatic nitrogens is 1. The summed E-state index contributed by atoms with van der Waals surface area (Å²) in [5.74, 6) is 0. The van der Waals surface area contributed by atoms with E-state index in [1.165, 1.54) is 11.3 Å². The summed E-state index contributed by atoms with van der Waals surface area (Å²) >= 11 is 8.39. The maximum Gasteiger partial charge on any atom is 0.0552 e. The van der Waals surface area contributed by atoms with Gasteiger partial charge in [0.15, 0.2) is 0 Å². The van der Waals surface area contributed by atoms with E-state index in [9.17, 15) is 0 Å². The SMILES string of the molecule is BrCCCc1sncc1Br. The van der Waals surface area contributed by atoms with Gasteiger partial charge in [-0.2, -0.15) is 4.37 Å². The quantitative estimate of drug-likeness (QED) is 0.777. The Kier molecular flexibility index (Phi) is 3.88. The molecule has 0 aliphatic heterocycles. The van der Waals surface area contributed by atoms with Gasteiger partial charge in [-0.25, -0.2) is 0 Å². The van der Waals surface area contributed by atoms with E-state index in [1.807, 2.05) is 6.20 Å². The van der Waals surface area contributed by atoms with Crippen molar-refractivity contribution in [1.29, 1.82) is 0 Å².